The lowest BCUT2D eigenvalue weighted by atomic mass is 10.1. The highest BCUT2D eigenvalue weighted by atomic mass is 35.5. The summed E-state index contributed by atoms with van der Waals surface area (Å²) in [5.74, 6) is 0.727. The number of nitrogen functional groups attached to an aromatic ring is 1. The van der Waals surface area contributed by atoms with Crippen molar-refractivity contribution in [1.29, 1.82) is 0 Å². The molecule has 1 atom stereocenters. The summed E-state index contributed by atoms with van der Waals surface area (Å²) in [5, 5.41) is 11.7. The topological polar surface area (TPSA) is 84.1 Å². The van der Waals surface area contributed by atoms with Gasteiger partial charge >= 0.3 is 0 Å². The third kappa shape index (κ3) is 5.44. The van der Waals surface area contributed by atoms with Gasteiger partial charge in [-0.1, -0.05) is 35.9 Å². The van der Waals surface area contributed by atoms with E-state index in [2.05, 4.69) is 22.2 Å². The normalized spacial score (nSPS) is 11.2. The molecule has 0 saturated carbocycles. The van der Waals surface area contributed by atoms with E-state index in [-0.39, 0.29) is 12.6 Å². The van der Waals surface area contributed by atoms with Gasteiger partial charge in [0.2, 0.25) is 0 Å². The van der Waals surface area contributed by atoms with Crippen LogP contribution in [0.2, 0.25) is 5.02 Å². The van der Waals surface area contributed by atoms with Crippen LogP contribution in [-0.2, 0) is 0 Å². The van der Waals surface area contributed by atoms with Gasteiger partial charge in [-0.3, -0.25) is 4.98 Å². The van der Waals surface area contributed by atoms with Crippen LogP contribution in [0.4, 0.5) is 11.5 Å². The number of hydrogen-bond donors (Lipinski definition) is 3. The fourth-order valence-corrected chi connectivity index (χ4v) is 2.56. The summed E-state index contributed by atoms with van der Waals surface area (Å²) in [4.78, 5) is 8.88. The van der Waals surface area contributed by atoms with Crippen molar-refractivity contribution in [1.82, 2.24) is 9.97 Å². The van der Waals surface area contributed by atoms with Crippen LogP contribution in [0.1, 0.15) is 25.5 Å². The molecule has 0 bridgehead atoms. The number of benzene rings is 2. The first-order valence-corrected chi connectivity index (χ1v) is 8.72. The molecule has 136 valence electrons. The fraction of sp³-hybridized carbons (Fsp3) is 0.200. The molecule has 26 heavy (non-hydrogen) atoms. The van der Waals surface area contributed by atoms with Gasteiger partial charge in [-0.05, 0) is 43.7 Å². The first-order chi connectivity index (χ1) is 12.5. The molecule has 1 heterocycles. The minimum absolute atomic E-state index is 0.0536. The number of nitrogens with zero attached hydrogens (tertiary/aromatic N) is 2. The van der Waals surface area contributed by atoms with Gasteiger partial charge in [0.1, 0.15) is 5.69 Å². The zero-order valence-electron chi connectivity index (χ0n) is 14.9. The standard InChI is InChI=1S/C18H17ClN4.C2H6O/c1-12(14-3-2-4-15(19)11-14)23-18-17(21-9-10-22-18)13-5-7-16(20)8-6-13;1-2-3/h2-12H,20H2,1H3,(H,22,23);3H,2H2,1H3/t12-;/m0./s1. The van der Waals surface area contributed by atoms with Crippen molar-refractivity contribution in [2.45, 2.75) is 19.9 Å². The molecule has 0 saturated heterocycles. The van der Waals surface area contributed by atoms with E-state index in [0.717, 1.165) is 28.3 Å². The van der Waals surface area contributed by atoms with Crippen molar-refractivity contribution in [3.8, 4) is 11.3 Å². The molecule has 0 amide bonds. The van der Waals surface area contributed by atoms with E-state index in [9.17, 15) is 0 Å². The van der Waals surface area contributed by atoms with Crippen LogP contribution in [0, 0.1) is 0 Å². The van der Waals surface area contributed by atoms with Crippen LogP contribution in [0.25, 0.3) is 11.3 Å². The molecule has 2 aromatic carbocycles. The number of aliphatic hydroxyl groups is 1. The molecular weight excluding hydrogens is 348 g/mol. The Bertz CT molecular complexity index is 824. The van der Waals surface area contributed by atoms with Gasteiger partial charge in [0.15, 0.2) is 5.82 Å². The molecule has 0 fully saturated rings. The zero-order valence-corrected chi connectivity index (χ0v) is 15.6. The summed E-state index contributed by atoms with van der Waals surface area (Å²) in [7, 11) is 0. The summed E-state index contributed by atoms with van der Waals surface area (Å²) in [6, 6.07) is 15.4. The van der Waals surface area contributed by atoms with Crippen molar-refractivity contribution < 1.29 is 5.11 Å². The lowest BCUT2D eigenvalue weighted by Gasteiger charge is -2.17. The van der Waals surface area contributed by atoms with E-state index in [1.54, 1.807) is 19.3 Å². The number of aliphatic hydroxyl groups excluding tert-OH is 1. The van der Waals surface area contributed by atoms with E-state index in [1.807, 2.05) is 48.5 Å². The second kappa shape index (κ2) is 9.75. The highest BCUT2D eigenvalue weighted by Crippen LogP contribution is 2.28. The third-order valence-electron chi connectivity index (χ3n) is 3.58. The summed E-state index contributed by atoms with van der Waals surface area (Å²) in [6.45, 7) is 3.99. The molecule has 5 nitrogen and oxygen atoms in total. The molecule has 3 rings (SSSR count). The predicted octanol–water partition coefficient (Wildman–Crippen LogP) is 4.55. The summed E-state index contributed by atoms with van der Waals surface area (Å²) < 4.78 is 0. The van der Waals surface area contributed by atoms with E-state index in [4.69, 9.17) is 22.4 Å². The minimum Gasteiger partial charge on any atom is -0.399 e. The van der Waals surface area contributed by atoms with Gasteiger partial charge < -0.3 is 16.2 Å². The Kier molecular flexibility index (Phi) is 7.38. The number of rotatable bonds is 4. The monoisotopic (exact) mass is 370 g/mol. The Balaban J connectivity index is 0.000000758. The Morgan fingerprint density at radius 1 is 1.12 bits per heavy atom. The predicted molar refractivity (Wildman–Crippen MR) is 108 cm³/mol. The number of halogens is 1. The van der Waals surface area contributed by atoms with Gasteiger partial charge in [0, 0.05) is 35.3 Å². The third-order valence-corrected chi connectivity index (χ3v) is 3.82. The zero-order chi connectivity index (χ0) is 18.9. The molecule has 0 aliphatic carbocycles. The van der Waals surface area contributed by atoms with Crippen molar-refractivity contribution in [2.24, 2.45) is 0 Å². The minimum atomic E-state index is 0.0536. The summed E-state index contributed by atoms with van der Waals surface area (Å²) in [5.41, 5.74) is 9.32. The van der Waals surface area contributed by atoms with E-state index >= 15 is 0 Å². The Hall–Kier alpha value is -2.63. The fourth-order valence-electron chi connectivity index (χ4n) is 2.36. The molecule has 0 aliphatic heterocycles. The highest BCUT2D eigenvalue weighted by Gasteiger charge is 2.12. The maximum atomic E-state index is 7.57. The Morgan fingerprint density at radius 3 is 2.42 bits per heavy atom. The Morgan fingerprint density at radius 2 is 1.77 bits per heavy atom. The molecule has 6 heteroatoms. The Labute approximate surface area is 158 Å². The van der Waals surface area contributed by atoms with Crippen LogP contribution in [-0.4, -0.2) is 21.7 Å². The van der Waals surface area contributed by atoms with E-state index in [0.29, 0.717) is 5.02 Å². The smallest absolute Gasteiger partial charge is 0.153 e. The maximum absolute atomic E-state index is 7.57. The van der Waals surface area contributed by atoms with Crippen LogP contribution in [0.3, 0.4) is 0 Å². The van der Waals surface area contributed by atoms with Crippen LogP contribution in [0.15, 0.2) is 60.9 Å². The van der Waals surface area contributed by atoms with E-state index in [1.165, 1.54) is 0 Å². The average molecular weight is 371 g/mol. The SMILES string of the molecule is CCO.C[C@H](Nc1nccnc1-c1ccc(N)cc1)c1cccc(Cl)c1. The van der Waals surface area contributed by atoms with Crippen LogP contribution >= 0.6 is 11.6 Å². The van der Waals surface area contributed by atoms with Gasteiger partial charge in [0.05, 0.1) is 6.04 Å². The van der Waals surface area contributed by atoms with Crippen molar-refractivity contribution >= 4 is 23.1 Å². The average Bonchev–Trinajstić information content (AvgIpc) is 2.64. The van der Waals surface area contributed by atoms with Crippen LogP contribution in [0.5, 0.6) is 0 Å². The molecule has 0 radical (unpaired) electrons. The first kappa shape index (κ1) is 19.7. The van der Waals surface area contributed by atoms with Crippen molar-refractivity contribution in [3.05, 3.63) is 71.5 Å². The maximum Gasteiger partial charge on any atom is 0.153 e. The first-order valence-electron chi connectivity index (χ1n) is 8.35. The quantitative estimate of drug-likeness (QED) is 0.586. The van der Waals surface area contributed by atoms with Crippen molar-refractivity contribution in [3.63, 3.8) is 0 Å². The molecular formula is C20H23ClN4O. The lowest BCUT2D eigenvalue weighted by molar-refractivity contribution is 0.318. The molecule has 0 aliphatic rings. The largest absolute Gasteiger partial charge is 0.399 e. The van der Waals surface area contributed by atoms with Gasteiger partial charge in [0.25, 0.3) is 0 Å². The van der Waals surface area contributed by atoms with Crippen LogP contribution < -0.4 is 11.1 Å². The van der Waals surface area contributed by atoms with E-state index < -0.39 is 0 Å². The van der Waals surface area contributed by atoms with Gasteiger partial charge in [-0.2, -0.15) is 0 Å². The van der Waals surface area contributed by atoms with Crippen molar-refractivity contribution in [2.75, 3.05) is 17.7 Å². The second-order valence-corrected chi connectivity index (χ2v) is 6.05. The number of hydrogen-bond acceptors (Lipinski definition) is 5. The molecule has 3 aromatic rings. The number of nitrogens with two attached hydrogens (primary N) is 1. The second-order valence-electron chi connectivity index (χ2n) is 5.61. The molecule has 1 aromatic heterocycles. The summed E-state index contributed by atoms with van der Waals surface area (Å²) in [6.07, 6.45) is 3.36. The molecule has 4 N–H and O–H groups in total. The van der Waals surface area contributed by atoms with Gasteiger partial charge in [-0.25, -0.2) is 4.98 Å². The van der Waals surface area contributed by atoms with Gasteiger partial charge in [-0.15, -0.1) is 0 Å². The summed E-state index contributed by atoms with van der Waals surface area (Å²) >= 11 is 6.07. The number of anilines is 2. The number of nitrogens with one attached hydrogen (secondary N) is 1. The lowest BCUT2D eigenvalue weighted by Crippen LogP contribution is -2.09. The highest BCUT2D eigenvalue weighted by molar-refractivity contribution is 6.30. The number of aromatic nitrogens is 2. The molecule has 0 spiro atoms. The molecule has 0 unspecified atom stereocenters.